The number of aromatic amines is 2. The maximum absolute atomic E-state index is 5.51. The SMILES string of the molecule is C1=Cc2nc1c(-c1ccccc1C1SCCCS1)c1nc(c(-c3ccccc3)c3ccc([nH]3)c(-c3ccccc3)c3ccc([nH]3)c2-c2ccccc2)C=C1. The number of nitrogens with one attached hydrogen (secondary N) is 2. The number of hydrogen-bond acceptors (Lipinski definition) is 4. The van der Waals surface area contributed by atoms with Gasteiger partial charge in [-0.05, 0) is 94.3 Å². The summed E-state index contributed by atoms with van der Waals surface area (Å²) in [7, 11) is 0. The van der Waals surface area contributed by atoms with Crippen LogP contribution in [0, 0.1) is 0 Å². The number of thioether (sulfide) groups is 2. The third-order valence-electron chi connectivity index (χ3n) is 10.3. The summed E-state index contributed by atoms with van der Waals surface area (Å²) >= 11 is 4.09. The second kappa shape index (κ2) is 14.2. The number of aromatic nitrogens is 4. The van der Waals surface area contributed by atoms with Crippen molar-refractivity contribution >= 4 is 69.9 Å². The van der Waals surface area contributed by atoms with Gasteiger partial charge in [0.2, 0.25) is 0 Å². The van der Waals surface area contributed by atoms with Gasteiger partial charge < -0.3 is 9.97 Å². The zero-order valence-electron chi connectivity index (χ0n) is 29.5. The van der Waals surface area contributed by atoms with Crippen LogP contribution < -0.4 is 0 Å². The highest BCUT2D eigenvalue weighted by Crippen LogP contribution is 2.48. The Labute approximate surface area is 323 Å². The third kappa shape index (κ3) is 6.02. The van der Waals surface area contributed by atoms with Gasteiger partial charge in [-0.1, -0.05) is 115 Å². The Morgan fingerprint density at radius 2 is 0.796 bits per heavy atom. The molecule has 0 amide bonds. The van der Waals surface area contributed by atoms with Crippen molar-refractivity contribution in [3.63, 3.8) is 0 Å². The van der Waals surface area contributed by atoms with Crippen LogP contribution in [0.5, 0.6) is 0 Å². The average Bonchev–Trinajstić information content (AvgIpc) is 4.08. The van der Waals surface area contributed by atoms with Gasteiger partial charge in [0.05, 0.1) is 27.4 Å². The van der Waals surface area contributed by atoms with E-state index in [0.717, 1.165) is 83.8 Å². The molecule has 4 aromatic carbocycles. The van der Waals surface area contributed by atoms with Gasteiger partial charge in [0.25, 0.3) is 0 Å². The van der Waals surface area contributed by atoms with Crippen LogP contribution in [0.1, 0.15) is 39.3 Å². The fourth-order valence-corrected chi connectivity index (χ4v) is 10.8. The lowest BCUT2D eigenvalue weighted by atomic mass is 9.97. The minimum absolute atomic E-state index is 0.356. The molecule has 0 aliphatic carbocycles. The van der Waals surface area contributed by atoms with E-state index in [9.17, 15) is 0 Å². The van der Waals surface area contributed by atoms with Crippen LogP contribution in [0.15, 0.2) is 140 Å². The number of nitrogens with zero attached hydrogens (tertiary/aromatic N) is 2. The van der Waals surface area contributed by atoms with E-state index in [1.54, 1.807) is 0 Å². The Kier molecular flexibility index (Phi) is 8.62. The van der Waals surface area contributed by atoms with Gasteiger partial charge in [-0.3, -0.25) is 0 Å². The lowest BCUT2D eigenvalue weighted by Crippen LogP contribution is -2.03. The molecule has 1 saturated heterocycles. The van der Waals surface area contributed by atoms with Crippen LogP contribution in [-0.4, -0.2) is 31.4 Å². The van der Waals surface area contributed by atoms with Crippen LogP contribution in [-0.2, 0) is 0 Å². The van der Waals surface area contributed by atoms with Crippen LogP contribution in [0.2, 0.25) is 0 Å². The Morgan fingerprint density at radius 1 is 0.407 bits per heavy atom. The number of rotatable bonds is 5. The first kappa shape index (κ1) is 32.8. The first-order chi connectivity index (χ1) is 26.8. The van der Waals surface area contributed by atoms with E-state index in [0.29, 0.717) is 4.58 Å². The fourth-order valence-electron chi connectivity index (χ4n) is 7.81. The van der Waals surface area contributed by atoms with Crippen LogP contribution in [0.4, 0.5) is 0 Å². The zero-order valence-corrected chi connectivity index (χ0v) is 31.1. The summed E-state index contributed by atoms with van der Waals surface area (Å²) in [5.41, 5.74) is 17.9. The first-order valence-electron chi connectivity index (χ1n) is 18.4. The number of benzene rings is 4. The molecule has 54 heavy (non-hydrogen) atoms. The summed E-state index contributed by atoms with van der Waals surface area (Å²) in [4.78, 5) is 18.7. The lowest BCUT2D eigenvalue weighted by molar-refractivity contribution is 1.10. The van der Waals surface area contributed by atoms with Gasteiger partial charge in [0.1, 0.15) is 0 Å². The second-order valence-electron chi connectivity index (χ2n) is 13.6. The molecule has 1 fully saturated rings. The predicted octanol–water partition coefficient (Wildman–Crippen LogP) is 13.2. The Hall–Kier alpha value is -5.82. The molecule has 6 heteroatoms. The molecule has 0 saturated carbocycles. The quantitative estimate of drug-likeness (QED) is 0.185. The molecule has 3 aliphatic heterocycles. The standard InChI is InChI=1S/C48H36N4S2/c1-4-13-31(14-5-1)44-36-21-23-38(49-36)45(32-15-6-2-7-16-32)40-25-27-42(51-40)47(34-19-10-11-20-35(34)48-53-29-12-30-54-48)43-28-26-41(52-43)46(33-17-8-3-9-18-33)39-24-22-37(44)50-39/h1-11,13-28,48-50H,12,29-30H2. The summed E-state index contributed by atoms with van der Waals surface area (Å²) in [6, 6.07) is 49.5. The molecule has 10 rings (SSSR count). The van der Waals surface area contributed by atoms with E-state index < -0.39 is 0 Å². The molecular weight excluding hydrogens is 697 g/mol. The smallest absolute Gasteiger partial charge is 0.0757 e. The molecule has 0 radical (unpaired) electrons. The number of H-pyrrole nitrogens is 2. The molecule has 3 aliphatic rings. The lowest BCUT2D eigenvalue weighted by Gasteiger charge is -2.24. The highest BCUT2D eigenvalue weighted by atomic mass is 32.2. The molecule has 3 aromatic heterocycles. The Bertz CT molecular complexity index is 2600. The number of hydrogen-bond donors (Lipinski definition) is 2. The Morgan fingerprint density at radius 3 is 1.28 bits per heavy atom. The van der Waals surface area contributed by atoms with Crippen molar-refractivity contribution in [2.75, 3.05) is 11.5 Å². The number of fused-ring (bicyclic) bond motifs is 8. The van der Waals surface area contributed by atoms with Crippen LogP contribution >= 0.6 is 23.5 Å². The maximum atomic E-state index is 5.51. The average molecular weight is 733 g/mol. The van der Waals surface area contributed by atoms with Gasteiger partial charge in [-0.15, -0.1) is 23.5 Å². The minimum Gasteiger partial charge on any atom is -0.354 e. The molecule has 260 valence electrons. The topological polar surface area (TPSA) is 57.4 Å². The zero-order chi connectivity index (χ0) is 35.8. The van der Waals surface area contributed by atoms with Crippen LogP contribution in [0.3, 0.4) is 0 Å². The molecular formula is C48H36N4S2. The van der Waals surface area contributed by atoms with E-state index in [4.69, 9.17) is 9.97 Å². The fraction of sp³-hybridized carbons (Fsp3) is 0.0833. The predicted molar refractivity (Wildman–Crippen MR) is 233 cm³/mol. The van der Waals surface area contributed by atoms with Crippen molar-refractivity contribution < 1.29 is 0 Å². The van der Waals surface area contributed by atoms with E-state index >= 15 is 0 Å². The molecule has 4 nitrogen and oxygen atoms in total. The summed E-state index contributed by atoms with van der Waals surface area (Å²) in [6.45, 7) is 0. The maximum Gasteiger partial charge on any atom is 0.0757 e. The van der Waals surface area contributed by atoms with Gasteiger partial charge in [-0.25, -0.2) is 9.97 Å². The highest BCUT2D eigenvalue weighted by molar-refractivity contribution is 8.16. The highest BCUT2D eigenvalue weighted by Gasteiger charge is 2.25. The third-order valence-corrected chi connectivity index (χ3v) is 13.2. The second-order valence-corrected chi connectivity index (χ2v) is 16.3. The van der Waals surface area contributed by atoms with Crippen molar-refractivity contribution in [2.24, 2.45) is 0 Å². The molecule has 0 atom stereocenters. The van der Waals surface area contributed by atoms with Crippen molar-refractivity contribution in [1.29, 1.82) is 0 Å². The molecule has 6 heterocycles. The van der Waals surface area contributed by atoms with Crippen molar-refractivity contribution in [3.8, 4) is 44.5 Å². The van der Waals surface area contributed by atoms with Crippen molar-refractivity contribution in [2.45, 2.75) is 11.0 Å². The molecule has 0 spiro atoms. The van der Waals surface area contributed by atoms with E-state index in [1.165, 1.54) is 29.1 Å². The summed E-state index contributed by atoms with van der Waals surface area (Å²) in [5.74, 6) is 2.34. The monoisotopic (exact) mass is 732 g/mol. The van der Waals surface area contributed by atoms with Gasteiger partial charge in [0, 0.05) is 44.3 Å². The molecule has 7 aromatic rings. The Balaban J connectivity index is 1.37. The van der Waals surface area contributed by atoms with Crippen LogP contribution in [0.25, 0.3) is 90.9 Å². The van der Waals surface area contributed by atoms with Gasteiger partial charge in [-0.2, -0.15) is 0 Å². The first-order valence-corrected chi connectivity index (χ1v) is 20.5. The largest absolute Gasteiger partial charge is 0.354 e. The molecule has 2 N–H and O–H groups in total. The normalized spacial score (nSPS) is 14.1. The summed E-state index contributed by atoms with van der Waals surface area (Å²) in [6.07, 6.45) is 9.96. The molecule has 0 unspecified atom stereocenters. The van der Waals surface area contributed by atoms with Gasteiger partial charge in [0.15, 0.2) is 0 Å². The summed E-state index contributed by atoms with van der Waals surface area (Å²) in [5, 5.41) is 0. The minimum atomic E-state index is 0.356. The van der Waals surface area contributed by atoms with E-state index in [2.05, 4.69) is 174 Å². The van der Waals surface area contributed by atoms with E-state index in [-0.39, 0.29) is 0 Å². The summed E-state index contributed by atoms with van der Waals surface area (Å²) < 4.78 is 0.356. The molecule has 8 bridgehead atoms. The van der Waals surface area contributed by atoms with Crippen molar-refractivity contribution in [3.05, 3.63) is 168 Å². The van der Waals surface area contributed by atoms with Gasteiger partial charge >= 0.3 is 0 Å². The van der Waals surface area contributed by atoms with E-state index in [1.807, 2.05) is 23.5 Å². The van der Waals surface area contributed by atoms with Crippen molar-refractivity contribution in [1.82, 2.24) is 19.9 Å².